The topological polar surface area (TPSA) is 79.7 Å². The second kappa shape index (κ2) is 6.19. The predicted octanol–water partition coefficient (Wildman–Crippen LogP) is 4.19. The Balaban J connectivity index is 2.42. The summed E-state index contributed by atoms with van der Waals surface area (Å²) in [4.78, 5) is 3.97. The summed E-state index contributed by atoms with van der Waals surface area (Å²) in [6.45, 7) is 1.53. The van der Waals surface area contributed by atoms with Crippen molar-refractivity contribution in [2.24, 2.45) is 5.73 Å². The molecule has 2 heterocycles. The van der Waals surface area contributed by atoms with Gasteiger partial charge in [-0.1, -0.05) is 6.92 Å². The number of nitriles is 1. The van der Waals surface area contributed by atoms with E-state index in [0.717, 1.165) is 0 Å². The minimum absolute atomic E-state index is 0.0414. The highest BCUT2D eigenvalue weighted by atomic mass is 19.4. The fourth-order valence-electron chi connectivity index (χ4n) is 3.41. The number of anilines is 1. The molecule has 1 aliphatic heterocycles. The van der Waals surface area contributed by atoms with Crippen LogP contribution in [0.25, 0.3) is 0 Å². The van der Waals surface area contributed by atoms with Gasteiger partial charge in [0, 0.05) is 12.4 Å². The molecule has 0 saturated heterocycles. The maximum atomic E-state index is 13.3. The van der Waals surface area contributed by atoms with Crippen molar-refractivity contribution in [1.82, 2.24) is 9.55 Å². The van der Waals surface area contributed by atoms with E-state index >= 15 is 0 Å². The lowest BCUT2D eigenvalue weighted by Crippen LogP contribution is -2.43. The normalized spacial score (nSPS) is 19.8. The molecule has 1 unspecified atom stereocenters. The summed E-state index contributed by atoms with van der Waals surface area (Å²) in [7, 11) is 0. The van der Waals surface area contributed by atoms with Crippen molar-refractivity contribution in [2.75, 3.05) is 5.32 Å². The number of nitrogens with zero attached hydrogens (tertiary/aromatic N) is 3. The summed E-state index contributed by atoms with van der Waals surface area (Å²) >= 11 is 0. The molecule has 1 atom stereocenters. The average molecular weight is 401 g/mol. The molecule has 0 saturated carbocycles. The van der Waals surface area contributed by atoms with Crippen LogP contribution in [0.2, 0.25) is 0 Å². The second-order valence-corrected chi connectivity index (χ2v) is 6.15. The molecule has 28 heavy (non-hydrogen) atoms. The summed E-state index contributed by atoms with van der Waals surface area (Å²) in [5.74, 6) is -0.0849. The molecule has 0 amide bonds. The van der Waals surface area contributed by atoms with Gasteiger partial charge >= 0.3 is 12.4 Å². The fourth-order valence-corrected chi connectivity index (χ4v) is 3.41. The lowest BCUT2D eigenvalue weighted by molar-refractivity contribution is -0.143. The highest BCUT2D eigenvalue weighted by molar-refractivity contribution is 5.57. The molecule has 3 rings (SSSR count). The second-order valence-electron chi connectivity index (χ2n) is 6.15. The number of rotatable bonds is 2. The van der Waals surface area contributed by atoms with Crippen molar-refractivity contribution in [1.29, 1.82) is 5.26 Å². The van der Waals surface area contributed by atoms with E-state index in [-0.39, 0.29) is 35.4 Å². The number of allylic oxidation sites excluding steroid dienone is 1. The zero-order valence-electron chi connectivity index (χ0n) is 14.3. The number of imidazole rings is 1. The largest absolute Gasteiger partial charge is 0.416 e. The monoisotopic (exact) mass is 401 g/mol. The van der Waals surface area contributed by atoms with Gasteiger partial charge in [0.2, 0.25) is 5.95 Å². The third-order valence-electron chi connectivity index (χ3n) is 4.67. The minimum Gasteiger partial charge on any atom is -0.384 e. The van der Waals surface area contributed by atoms with E-state index in [1.54, 1.807) is 0 Å². The number of alkyl halides is 6. The number of nitrogens with two attached hydrogens (primary N) is 1. The Labute approximate surface area is 155 Å². The van der Waals surface area contributed by atoms with Gasteiger partial charge in [-0.3, -0.25) is 0 Å². The lowest BCUT2D eigenvalue weighted by Gasteiger charge is -2.39. The smallest absolute Gasteiger partial charge is 0.384 e. The zero-order chi connectivity index (χ0) is 20.9. The Morgan fingerprint density at radius 2 is 1.71 bits per heavy atom. The standard InChI is InChI=1S/C17H13F6N5/c1-2-15(12(8-24)13(25)27-14-26-3-4-28(14)15)9-5-10(16(18,19)20)7-11(6-9)17(21,22)23/h3-7H,2,25H2,1H3,(H,26,27). The van der Waals surface area contributed by atoms with Crippen molar-refractivity contribution in [2.45, 2.75) is 31.2 Å². The van der Waals surface area contributed by atoms with Crippen LogP contribution in [0, 0.1) is 11.3 Å². The minimum atomic E-state index is -5.02. The van der Waals surface area contributed by atoms with E-state index < -0.39 is 29.0 Å². The Bertz CT molecular complexity index is 962. The highest BCUT2D eigenvalue weighted by Crippen LogP contribution is 2.46. The van der Waals surface area contributed by atoms with Crippen molar-refractivity contribution < 1.29 is 26.3 Å². The molecule has 1 aliphatic rings. The van der Waals surface area contributed by atoms with Gasteiger partial charge in [0.15, 0.2) is 0 Å². The van der Waals surface area contributed by atoms with E-state index in [0.29, 0.717) is 12.1 Å². The Morgan fingerprint density at radius 1 is 1.14 bits per heavy atom. The lowest BCUT2D eigenvalue weighted by atomic mass is 9.78. The zero-order valence-corrected chi connectivity index (χ0v) is 14.3. The molecule has 0 bridgehead atoms. The van der Waals surface area contributed by atoms with Crippen LogP contribution in [0.3, 0.4) is 0 Å². The van der Waals surface area contributed by atoms with Gasteiger partial charge in [-0.05, 0) is 30.2 Å². The molecule has 2 aromatic rings. The van der Waals surface area contributed by atoms with Gasteiger partial charge in [-0.25, -0.2) is 4.98 Å². The summed E-state index contributed by atoms with van der Waals surface area (Å²) < 4.78 is 81.3. The molecular formula is C17H13F6N5. The maximum absolute atomic E-state index is 13.3. The molecule has 3 N–H and O–H groups in total. The number of benzene rings is 1. The predicted molar refractivity (Wildman–Crippen MR) is 86.5 cm³/mol. The van der Waals surface area contributed by atoms with Crippen molar-refractivity contribution in [3.05, 3.63) is 58.7 Å². The first-order valence-electron chi connectivity index (χ1n) is 7.96. The van der Waals surface area contributed by atoms with Crippen LogP contribution < -0.4 is 11.1 Å². The molecule has 0 radical (unpaired) electrons. The van der Waals surface area contributed by atoms with Crippen LogP contribution in [0.5, 0.6) is 0 Å². The molecule has 0 spiro atoms. The number of nitrogens with one attached hydrogen (secondary N) is 1. The van der Waals surface area contributed by atoms with Crippen molar-refractivity contribution in [3.8, 4) is 6.07 Å². The van der Waals surface area contributed by atoms with E-state index in [2.05, 4.69) is 10.3 Å². The van der Waals surface area contributed by atoms with Gasteiger partial charge < -0.3 is 15.6 Å². The van der Waals surface area contributed by atoms with Gasteiger partial charge in [-0.2, -0.15) is 31.6 Å². The summed E-state index contributed by atoms with van der Waals surface area (Å²) in [6, 6.07) is 3.08. The van der Waals surface area contributed by atoms with Crippen molar-refractivity contribution >= 4 is 5.95 Å². The van der Waals surface area contributed by atoms with Gasteiger partial charge in [-0.15, -0.1) is 0 Å². The Morgan fingerprint density at radius 3 is 2.18 bits per heavy atom. The van der Waals surface area contributed by atoms with E-state index in [1.807, 2.05) is 6.07 Å². The van der Waals surface area contributed by atoms with Crippen LogP contribution >= 0.6 is 0 Å². The van der Waals surface area contributed by atoms with Crippen molar-refractivity contribution in [3.63, 3.8) is 0 Å². The molecule has 5 nitrogen and oxygen atoms in total. The molecule has 1 aromatic carbocycles. The van der Waals surface area contributed by atoms with E-state index in [1.165, 1.54) is 23.9 Å². The molecule has 1 aromatic heterocycles. The molecule has 11 heteroatoms. The summed E-state index contributed by atoms with van der Waals surface area (Å²) in [5, 5.41) is 12.2. The number of halogens is 6. The van der Waals surface area contributed by atoms with Crippen LogP contribution in [0.1, 0.15) is 30.0 Å². The Kier molecular flexibility index (Phi) is 4.33. The Hall–Kier alpha value is -3.16. The van der Waals surface area contributed by atoms with Crippen LogP contribution in [-0.4, -0.2) is 9.55 Å². The van der Waals surface area contributed by atoms with Gasteiger partial charge in [0.25, 0.3) is 0 Å². The van der Waals surface area contributed by atoms with Crippen LogP contribution in [0.15, 0.2) is 42.0 Å². The van der Waals surface area contributed by atoms with Crippen LogP contribution in [-0.2, 0) is 17.9 Å². The number of aromatic nitrogens is 2. The third kappa shape index (κ3) is 2.85. The molecular weight excluding hydrogens is 388 g/mol. The van der Waals surface area contributed by atoms with Gasteiger partial charge in [0.1, 0.15) is 23.0 Å². The fraction of sp³-hybridized carbons (Fsp3) is 0.294. The van der Waals surface area contributed by atoms with Crippen LogP contribution in [0.4, 0.5) is 32.3 Å². The quantitative estimate of drug-likeness (QED) is 0.740. The average Bonchev–Trinajstić information content (AvgIpc) is 3.07. The highest BCUT2D eigenvalue weighted by Gasteiger charge is 2.46. The third-order valence-corrected chi connectivity index (χ3v) is 4.67. The number of hydrogen-bond acceptors (Lipinski definition) is 4. The van der Waals surface area contributed by atoms with E-state index in [4.69, 9.17) is 5.73 Å². The first-order chi connectivity index (χ1) is 12.9. The van der Waals surface area contributed by atoms with E-state index in [9.17, 15) is 31.6 Å². The first kappa shape index (κ1) is 19.6. The van der Waals surface area contributed by atoms with Gasteiger partial charge in [0.05, 0.1) is 11.1 Å². The molecule has 148 valence electrons. The maximum Gasteiger partial charge on any atom is 0.416 e. The molecule has 0 fully saturated rings. The first-order valence-corrected chi connectivity index (χ1v) is 7.96. The SMILES string of the molecule is CCC1(c2cc(C(F)(F)F)cc(C(F)(F)F)c2)C(C#N)=C(N)Nc2nccn21. The number of fused-ring (bicyclic) bond motifs is 1. The summed E-state index contributed by atoms with van der Waals surface area (Å²) in [6.07, 6.45) is -7.41. The summed E-state index contributed by atoms with van der Waals surface area (Å²) in [5.41, 5.74) is 0.658. The molecule has 0 aliphatic carbocycles. The number of hydrogen-bond donors (Lipinski definition) is 2.